The van der Waals surface area contributed by atoms with Gasteiger partial charge in [0.2, 0.25) is 0 Å². The van der Waals surface area contributed by atoms with Gasteiger partial charge >= 0.3 is 0 Å². The summed E-state index contributed by atoms with van der Waals surface area (Å²) in [5.41, 5.74) is -1.60. The van der Waals surface area contributed by atoms with Gasteiger partial charge in [-0.05, 0) is 28.0 Å². The third-order valence-electron chi connectivity index (χ3n) is 8.63. The Bertz CT molecular complexity index is 1270. The van der Waals surface area contributed by atoms with Crippen LogP contribution in [0.4, 0.5) is 0 Å². The molecule has 0 heterocycles. The van der Waals surface area contributed by atoms with Crippen molar-refractivity contribution in [2.24, 2.45) is 34.5 Å². The van der Waals surface area contributed by atoms with E-state index >= 15 is 0 Å². The van der Waals surface area contributed by atoms with Crippen molar-refractivity contribution in [3.8, 4) is 0 Å². The van der Waals surface area contributed by atoms with E-state index in [1.807, 2.05) is 63.2 Å². The Balaban J connectivity index is 1.87. The first-order valence-corrected chi connectivity index (χ1v) is 12.8. The maximum absolute atomic E-state index is 14.4. The summed E-state index contributed by atoms with van der Waals surface area (Å²) in [5, 5.41) is 24.8. The molecular formula is C32H36O4. The normalized spacial score (nSPS) is 34.2. The molecule has 0 spiro atoms. The fourth-order valence-corrected chi connectivity index (χ4v) is 7.00. The Morgan fingerprint density at radius 1 is 0.694 bits per heavy atom. The van der Waals surface area contributed by atoms with Crippen molar-refractivity contribution in [2.45, 2.75) is 52.7 Å². The monoisotopic (exact) mass is 484 g/mol. The van der Waals surface area contributed by atoms with Crippen LogP contribution in [0.15, 0.2) is 84.0 Å². The van der Waals surface area contributed by atoms with Crippen LogP contribution in [0.3, 0.4) is 0 Å². The van der Waals surface area contributed by atoms with Crippen molar-refractivity contribution in [2.75, 3.05) is 0 Å². The molecule has 1 saturated carbocycles. The van der Waals surface area contributed by atoms with E-state index in [-0.39, 0.29) is 17.0 Å². The zero-order valence-corrected chi connectivity index (χ0v) is 21.9. The van der Waals surface area contributed by atoms with Gasteiger partial charge in [-0.1, -0.05) is 119 Å². The smallest absolute Gasteiger partial charge is 0.192 e. The van der Waals surface area contributed by atoms with Gasteiger partial charge in [-0.2, -0.15) is 0 Å². The highest BCUT2D eigenvalue weighted by molar-refractivity contribution is 6.03. The van der Waals surface area contributed by atoms with Crippen molar-refractivity contribution < 1.29 is 19.8 Å². The first-order chi connectivity index (χ1) is 16.7. The van der Waals surface area contributed by atoms with Crippen molar-refractivity contribution >= 4 is 11.6 Å². The number of carbonyl (C=O) groups is 2. The van der Waals surface area contributed by atoms with Crippen molar-refractivity contribution in [3.05, 3.63) is 95.1 Å². The number of Topliss-reactive ketones (excluding diaryl/α,β-unsaturated/α-hetero) is 1. The first kappa shape index (κ1) is 24.9. The van der Waals surface area contributed by atoms with Gasteiger partial charge in [0.15, 0.2) is 22.8 Å². The molecule has 4 aliphatic rings. The minimum Gasteiger partial charge on any atom is -0.377 e. The van der Waals surface area contributed by atoms with E-state index in [4.69, 9.17) is 0 Å². The Labute approximate surface area is 213 Å². The van der Waals surface area contributed by atoms with Crippen LogP contribution in [-0.4, -0.2) is 21.8 Å². The number of aliphatic hydroxyl groups is 2. The summed E-state index contributed by atoms with van der Waals surface area (Å²) in [4.78, 5) is 28.3. The van der Waals surface area contributed by atoms with Crippen LogP contribution < -0.4 is 0 Å². The molecule has 6 rings (SSSR count). The van der Waals surface area contributed by atoms with Gasteiger partial charge in [-0.15, -0.1) is 0 Å². The molecule has 0 aliphatic heterocycles. The molecule has 4 nitrogen and oxygen atoms in total. The lowest BCUT2D eigenvalue weighted by atomic mass is 9.42. The van der Waals surface area contributed by atoms with Crippen LogP contribution in [0.5, 0.6) is 0 Å². The molecule has 36 heavy (non-hydrogen) atoms. The van der Waals surface area contributed by atoms with Crippen LogP contribution >= 0.6 is 0 Å². The highest BCUT2D eigenvalue weighted by Gasteiger charge is 2.70. The second-order valence-corrected chi connectivity index (χ2v) is 12.8. The predicted molar refractivity (Wildman–Crippen MR) is 140 cm³/mol. The molecule has 188 valence electrons. The summed E-state index contributed by atoms with van der Waals surface area (Å²) in [6, 6.07) is 18.0. The molecular weight excluding hydrogens is 448 g/mol. The number of ketones is 2. The average molecular weight is 485 g/mol. The number of carbonyl (C=O) groups excluding carboxylic acids is 2. The molecule has 5 unspecified atom stereocenters. The van der Waals surface area contributed by atoms with Gasteiger partial charge in [-0.3, -0.25) is 9.59 Å². The van der Waals surface area contributed by atoms with Gasteiger partial charge in [0.05, 0.1) is 0 Å². The van der Waals surface area contributed by atoms with Gasteiger partial charge in [-0.25, -0.2) is 0 Å². The van der Waals surface area contributed by atoms with Crippen molar-refractivity contribution in [1.82, 2.24) is 0 Å². The van der Waals surface area contributed by atoms with Crippen molar-refractivity contribution in [1.29, 1.82) is 0 Å². The van der Waals surface area contributed by atoms with Crippen LogP contribution in [0.1, 0.15) is 52.7 Å². The number of rotatable bonds is 2. The summed E-state index contributed by atoms with van der Waals surface area (Å²) in [5.74, 6) is -3.18. The standard InChI is InChI=1S/C32H36O4/c1-29(2,3)21-17-23-27-25(26(21)28(34)31(23,35)19-13-9-7-10-14-19)22(30(4,5)6)18-24(33)32(27,36)20-15-11-8-12-16-20/h7-18,23,25-27,35-36H,1-6H3/t23?,25?,26?,27?,31?,32-/m1/s1. The third kappa shape index (κ3) is 3.27. The van der Waals surface area contributed by atoms with Gasteiger partial charge < -0.3 is 10.2 Å². The minimum atomic E-state index is -1.87. The molecule has 2 N–H and O–H groups in total. The molecule has 0 aromatic heterocycles. The Morgan fingerprint density at radius 3 is 1.64 bits per heavy atom. The largest absolute Gasteiger partial charge is 0.377 e. The average Bonchev–Trinajstić information content (AvgIpc) is 2.83. The molecule has 0 saturated heterocycles. The number of hydrogen-bond donors (Lipinski definition) is 2. The Morgan fingerprint density at radius 2 is 1.17 bits per heavy atom. The van der Waals surface area contributed by atoms with E-state index in [2.05, 4.69) is 20.8 Å². The second-order valence-electron chi connectivity index (χ2n) is 12.8. The molecule has 2 bridgehead atoms. The van der Waals surface area contributed by atoms with Crippen molar-refractivity contribution in [3.63, 3.8) is 0 Å². The highest BCUT2D eigenvalue weighted by atomic mass is 16.3. The molecule has 6 atom stereocenters. The number of benzene rings is 2. The molecule has 0 amide bonds. The van der Waals surface area contributed by atoms with Crippen LogP contribution in [-0.2, 0) is 20.8 Å². The SMILES string of the molecule is CC(C)(C)C1=CC2C3C(C(C(C)(C)C)=CC(=O)[C@]3(O)c3ccccc3)C1C(=O)C2(O)c1ccccc1. The molecule has 0 radical (unpaired) electrons. The summed E-state index contributed by atoms with van der Waals surface area (Å²) < 4.78 is 0. The molecule has 2 aromatic rings. The van der Waals surface area contributed by atoms with Gasteiger partial charge in [0.25, 0.3) is 0 Å². The van der Waals surface area contributed by atoms with Crippen LogP contribution in [0, 0.1) is 34.5 Å². The maximum atomic E-state index is 14.4. The molecule has 2 aromatic carbocycles. The lowest BCUT2D eigenvalue weighted by Crippen LogP contribution is -2.68. The summed E-state index contributed by atoms with van der Waals surface area (Å²) in [7, 11) is 0. The zero-order chi connectivity index (χ0) is 26.3. The maximum Gasteiger partial charge on any atom is 0.192 e. The number of hydrogen-bond acceptors (Lipinski definition) is 4. The van der Waals surface area contributed by atoms with Crippen LogP contribution in [0.2, 0.25) is 0 Å². The topological polar surface area (TPSA) is 74.6 Å². The Hall–Kier alpha value is -2.82. The fourth-order valence-electron chi connectivity index (χ4n) is 7.00. The highest BCUT2D eigenvalue weighted by Crippen LogP contribution is 2.66. The van der Waals surface area contributed by atoms with E-state index in [1.54, 1.807) is 30.3 Å². The number of allylic oxidation sites excluding steroid dienone is 2. The van der Waals surface area contributed by atoms with E-state index in [1.165, 1.54) is 0 Å². The lowest BCUT2D eigenvalue weighted by Gasteiger charge is -2.62. The fraction of sp³-hybridized carbons (Fsp3) is 0.438. The van der Waals surface area contributed by atoms with E-state index < -0.39 is 40.3 Å². The quantitative estimate of drug-likeness (QED) is 0.564. The van der Waals surface area contributed by atoms with Crippen LogP contribution in [0.25, 0.3) is 0 Å². The summed E-state index contributed by atoms with van der Waals surface area (Å²) in [6.45, 7) is 12.4. The second kappa shape index (κ2) is 7.84. The zero-order valence-electron chi connectivity index (χ0n) is 21.9. The summed E-state index contributed by atoms with van der Waals surface area (Å²) >= 11 is 0. The van der Waals surface area contributed by atoms with E-state index in [0.717, 1.165) is 11.1 Å². The molecule has 4 aliphatic carbocycles. The number of fused-ring (bicyclic) bond motifs is 1. The van der Waals surface area contributed by atoms with E-state index in [0.29, 0.717) is 11.1 Å². The Kier molecular flexibility index (Phi) is 5.41. The van der Waals surface area contributed by atoms with Gasteiger partial charge in [0, 0.05) is 23.7 Å². The lowest BCUT2D eigenvalue weighted by molar-refractivity contribution is -0.189. The summed E-state index contributed by atoms with van der Waals surface area (Å²) in [6.07, 6.45) is 3.59. The third-order valence-corrected chi connectivity index (χ3v) is 8.63. The first-order valence-electron chi connectivity index (χ1n) is 12.8. The predicted octanol–water partition coefficient (Wildman–Crippen LogP) is 5.35. The van der Waals surface area contributed by atoms with E-state index in [9.17, 15) is 19.8 Å². The molecule has 4 heteroatoms. The molecule has 1 fully saturated rings. The van der Waals surface area contributed by atoms with Gasteiger partial charge in [0.1, 0.15) is 0 Å². The minimum absolute atomic E-state index is 0.243.